The molecule has 1 heterocycles. The zero-order valence-corrected chi connectivity index (χ0v) is 19.5. The van der Waals surface area contributed by atoms with E-state index in [0.717, 1.165) is 28.2 Å². The Balaban J connectivity index is 1.77. The van der Waals surface area contributed by atoms with Gasteiger partial charge in [0.25, 0.3) is 0 Å². The van der Waals surface area contributed by atoms with E-state index < -0.39 is 17.2 Å². The third-order valence-corrected chi connectivity index (χ3v) is 6.46. The number of primary amides is 1. The maximum absolute atomic E-state index is 12.3. The Hall–Kier alpha value is -3.65. The fourth-order valence-electron chi connectivity index (χ4n) is 3.84. The number of nitrogens with one attached hydrogen (secondary N) is 1. The van der Waals surface area contributed by atoms with E-state index in [-0.39, 0.29) is 0 Å². The van der Waals surface area contributed by atoms with Gasteiger partial charge in [0.1, 0.15) is 5.82 Å². The van der Waals surface area contributed by atoms with Crippen molar-refractivity contribution in [2.45, 2.75) is 37.6 Å². The first-order valence-electron chi connectivity index (χ1n) is 10.6. The van der Waals surface area contributed by atoms with Crippen molar-refractivity contribution in [3.8, 4) is 5.69 Å². The number of urea groups is 1. The SMILES string of the molecule is Cc1ccc(-n2c(Cc3cccc4ccccc34)nnc2S[C@H](C)C(=O)NC(N)=O)c(C)c1. The van der Waals surface area contributed by atoms with Crippen molar-refractivity contribution in [2.24, 2.45) is 5.73 Å². The summed E-state index contributed by atoms with van der Waals surface area (Å²) >= 11 is 1.23. The van der Waals surface area contributed by atoms with Crippen molar-refractivity contribution >= 4 is 34.5 Å². The molecule has 8 heteroatoms. The van der Waals surface area contributed by atoms with Gasteiger partial charge in [0.2, 0.25) is 5.91 Å². The Labute approximate surface area is 196 Å². The van der Waals surface area contributed by atoms with E-state index in [1.54, 1.807) is 6.92 Å². The van der Waals surface area contributed by atoms with Gasteiger partial charge in [-0.3, -0.25) is 14.7 Å². The van der Waals surface area contributed by atoms with Gasteiger partial charge in [-0.2, -0.15) is 0 Å². The number of carbonyl (C=O) groups excluding carboxylic acids is 2. The zero-order chi connectivity index (χ0) is 23.5. The van der Waals surface area contributed by atoms with E-state index in [1.165, 1.54) is 22.5 Å². The number of benzene rings is 3. The van der Waals surface area contributed by atoms with Crippen molar-refractivity contribution in [3.05, 3.63) is 83.2 Å². The molecule has 168 valence electrons. The molecule has 7 nitrogen and oxygen atoms in total. The smallest absolute Gasteiger partial charge is 0.318 e. The third kappa shape index (κ3) is 4.90. The van der Waals surface area contributed by atoms with Gasteiger partial charge >= 0.3 is 6.03 Å². The van der Waals surface area contributed by atoms with E-state index in [9.17, 15) is 9.59 Å². The molecule has 0 fully saturated rings. The summed E-state index contributed by atoms with van der Waals surface area (Å²) in [5, 5.41) is 13.4. The summed E-state index contributed by atoms with van der Waals surface area (Å²) in [6.07, 6.45) is 0.574. The second-order valence-electron chi connectivity index (χ2n) is 7.95. The van der Waals surface area contributed by atoms with Gasteiger partial charge < -0.3 is 5.73 Å². The molecule has 0 saturated heterocycles. The molecule has 4 aromatic rings. The number of carbonyl (C=O) groups is 2. The van der Waals surface area contributed by atoms with Crippen LogP contribution in [0.4, 0.5) is 4.79 Å². The molecule has 0 aliphatic carbocycles. The molecular weight excluding hydrogens is 434 g/mol. The second-order valence-corrected chi connectivity index (χ2v) is 9.26. The number of fused-ring (bicyclic) bond motifs is 1. The molecule has 0 saturated carbocycles. The molecular formula is C25H25N5O2S. The zero-order valence-electron chi connectivity index (χ0n) is 18.7. The minimum absolute atomic E-state index is 0.474. The normalized spacial score (nSPS) is 12.0. The highest BCUT2D eigenvalue weighted by atomic mass is 32.2. The van der Waals surface area contributed by atoms with Crippen LogP contribution in [0.1, 0.15) is 29.4 Å². The summed E-state index contributed by atoms with van der Waals surface area (Å²) < 4.78 is 2.00. The first kappa shape index (κ1) is 22.5. The van der Waals surface area contributed by atoms with Gasteiger partial charge in [0.15, 0.2) is 5.16 Å². The summed E-state index contributed by atoms with van der Waals surface area (Å²) in [6.45, 7) is 5.79. The van der Waals surface area contributed by atoms with Crippen molar-refractivity contribution in [1.29, 1.82) is 0 Å². The molecule has 3 aromatic carbocycles. The molecule has 0 spiro atoms. The van der Waals surface area contributed by atoms with Crippen LogP contribution < -0.4 is 11.1 Å². The number of hydrogen-bond donors (Lipinski definition) is 2. The highest BCUT2D eigenvalue weighted by Crippen LogP contribution is 2.30. The average molecular weight is 460 g/mol. The Morgan fingerprint density at radius 2 is 1.82 bits per heavy atom. The maximum atomic E-state index is 12.3. The second kappa shape index (κ2) is 9.46. The first-order chi connectivity index (χ1) is 15.8. The Kier molecular flexibility index (Phi) is 6.46. The molecule has 3 amide bonds. The molecule has 0 bridgehead atoms. The number of imide groups is 1. The quantitative estimate of drug-likeness (QED) is 0.419. The van der Waals surface area contributed by atoms with Gasteiger partial charge in [-0.1, -0.05) is 71.9 Å². The lowest BCUT2D eigenvalue weighted by molar-refractivity contribution is -0.119. The molecule has 0 aliphatic rings. The van der Waals surface area contributed by atoms with Gasteiger partial charge in [0.05, 0.1) is 10.9 Å². The van der Waals surface area contributed by atoms with Crippen molar-refractivity contribution in [1.82, 2.24) is 20.1 Å². The van der Waals surface area contributed by atoms with Crippen LogP contribution in [0.15, 0.2) is 65.8 Å². The van der Waals surface area contributed by atoms with Crippen LogP contribution in [-0.2, 0) is 11.2 Å². The predicted octanol–water partition coefficient (Wildman–Crippen LogP) is 4.30. The van der Waals surface area contributed by atoms with Crippen LogP contribution in [0.3, 0.4) is 0 Å². The fraction of sp³-hybridized carbons (Fsp3) is 0.200. The summed E-state index contributed by atoms with van der Waals surface area (Å²) in [5.41, 5.74) is 9.42. The predicted molar refractivity (Wildman–Crippen MR) is 131 cm³/mol. The van der Waals surface area contributed by atoms with Crippen LogP contribution in [0.2, 0.25) is 0 Å². The number of hydrogen-bond acceptors (Lipinski definition) is 5. The lowest BCUT2D eigenvalue weighted by Gasteiger charge is -2.16. The number of amides is 3. The van der Waals surface area contributed by atoms with Crippen LogP contribution in [0, 0.1) is 13.8 Å². The van der Waals surface area contributed by atoms with E-state index >= 15 is 0 Å². The maximum Gasteiger partial charge on any atom is 0.318 e. The summed E-state index contributed by atoms with van der Waals surface area (Å²) in [4.78, 5) is 23.4. The molecule has 3 N–H and O–H groups in total. The number of nitrogens with zero attached hydrogens (tertiary/aromatic N) is 3. The molecule has 0 unspecified atom stereocenters. The van der Waals surface area contributed by atoms with Crippen LogP contribution in [0.5, 0.6) is 0 Å². The Morgan fingerprint density at radius 3 is 2.58 bits per heavy atom. The Bertz CT molecular complexity index is 1340. The average Bonchev–Trinajstić information content (AvgIpc) is 3.15. The summed E-state index contributed by atoms with van der Waals surface area (Å²) in [6, 6.07) is 19.8. The van der Waals surface area contributed by atoms with Gasteiger partial charge in [0, 0.05) is 6.42 Å². The topological polar surface area (TPSA) is 103 Å². The number of rotatable bonds is 6. The van der Waals surface area contributed by atoms with Crippen molar-refractivity contribution in [3.63, 3.8) is 0 Å². The van der Waals surface area contributed by atoms with Gasteiger partial charge in [-0.25, -0.2) is 4.79 Å². The van der Waals surface area contributed by atoms with Crippen LogP contribution >= 0.6 is 11.8 Å². The molecule has 0 radical (unpaired) electrons. The summed E-state index contributed by atoms with van der Waals surface area (Å²) in [5.74, 6) is 0.293. The van der Waals surface area contributed by atoms with Crippen LogP contribution in [0.25, 0.3) is 16.5 Å². The lowest BCUT2D eigenvalue weighted by atomic mass is 10.0. The van der Waals surface area contributed by atoms with Crippen molar-refractivity contribution in [2.75, 3.05) is 0 Å². The highest BCUT2D eigenvalue weighted by Gasteiger charge is 2.23. The van der Waals surface area contributed by atoms with E-state index in [1.807, 2.05) is 48.7 Å². The fourth-order valence-corrected chi connectivity index (χ4v) is 4.72. The van der Waals surface area contributed by atoms with Gasteiger partial charge in [-0.05, 0) is 48.7 Å². The van der Waals surface area contributed by atoms with Crippen LogP contribution in [-0.4, -0.2) is 32.0 Å². The number of nitrogens with two attached hydrogens (primary N) is 1. The third-order valence-electron chi connectivity index (χ3n) is 5.42. The Morgan fingerprint density at radius 1 is 1.06 bits per heavy atom. The number of aromatic nitrogens is 3. The lowest BCUT2D eigenvalue weighted by Crippen LogP contribution is -2.39. The van der Waals surface area contributed by atoms with Crippen molar-refractivity contribution < 1.29 is 9.59 Å². The van der Waals surface area contributed by atoms with E-state index in [0.29, 0.717) is 11.6 Å². The number of thioether (sulfide) groups is 1. The molecule has 1 aromatic heterocycles. The molecule has 33 heavy (non-hydrogen) atoms. The minimum atomic E-state index is -0.875. The standard InChI is InChI=1S/C25H25N5O2S/c1-15-11-12-21(16(2)13-15)30-22(14-19-9-6-8-18-7-4-5-10-20(18)19)28-29-25(30)33-17(3)23(31)27-24(26)32/h4-13,17H,14H2,1-3H3,(H3,26,27,31,32)/t17-/m1/s1. The molecule has 1 atom stereocenters. The highest BCUT2D eigenvalue weighted by molar-refractivity contribution is 8.00. The molecule has 0 aliphatic heterocycles. The van der Waals surface area contributed by atoms with E-state index in [2.05, 4.69) is 45.8 Å². The van der Waals surface area contributed by atoms with Gasteiger partial charge in [-0.15, -0.1) is 10.2 Å². The van der Waals surface area contributed by atoms with E-state index in [4.69, 9.17) is 5.73 Å². The summed E-state index contributed by atoms with van der Waals surface area (Å²) in [7, 11) is 0. The first-order valence-corrected chi connectivity index (χ1v) is 11.5. The number of aryl methyl sites for hydroxylation is 2. The minimum Gasteiger partial charge on any atom is -0.351 e. The monoisotopic (exact) mass is 459 g/mol. The largest absolute Gasteiger partial charge is 0.351 e. The molecule has 4 rings (SSSR count).